The van der Waals surface area contributed by atoms with Crippen LogP contribution in [0.15, 0.2) is 30.3 Å². The van der Waals surface area contributed by atoms with Gasteiger partial charge in [0.2, 0.25) is 0 Å². The Labute approximate surface area is 112 Å². The number of rotatable bonds is 2. The zero-order valence-electron chi connectivity index (χ0n) is 10.8. The lowest BCUT2D eigenvalue weighted by molar-refractivity contribution is -0.331. The molecule has 1 N–H and O–H groups in total. The van der Waals surface area contributed by atoms with Crippen LogP contribution < -0.4 is 0 Å². The van der Waals surface area contributed by atoms with E-state index < -0.39 is 5.60 Å². The van der Waals surface area contributed by atoms with E-state index in [0.717, 1.165) is 36.8 Å². The van der Waals surface area contributed by atoms with Crippen LogP contribution in [0.2, 0.25) is 0 Å². The Bertz CT molecular complexity index is 514. The lowest BCUT2D eigenvalue weighted by atomic mass is 9.68. The minimum Gasteiger partial charge on any atom is -0.291 e. The molecule has 2 aliphatic rings. The highest BCUT2D eigenvalue weighted by Crippen LogP contribution is 2.45. The van der Waals surface area contributed by atoms with Crippen molar-refractivity contribution >= 4 is 11.9 Å². The second-order valence-electron chi connectivity index (χ2n) is 5.45. The minimum atomic E-state index is -1.19. The molecule has 0 radical (unpaired) electrons. The Kier molecular flexibility index (Phi) is 3.25. The van der Waals surface area contributed by atoms with Crippen LogP contribution in [0, 0.1) is 5.92 Å². The number of hydrogen-bond donors (Lipinski definition) is 1. The highest BCUT2D eigenvalue weighted by Gasteiger charge is 2.50. The summed E-state index contributed by atoms with van der Waals surface area (Å²) in [5.74, 6) is -0.0783. The second-order valence-corrected chi connectivity index (χ2v) is 5.45. The van der Waals surface area contributed by atoms with Crippen LogP contribution >= 0.6 is 0 Å². The summed E-state index contributed by atoms with van der Waals surface area (Å²) in [6.07, 6.45) is 8.57. The molecule has 100 valence electrons. The van der Waals surface area contributed by atoms with Crippen LogP contribution in [0.1, 0.15) is 43.2 Å². The van der Waals surface area contributed by atoms with E-state index in [2.05, 4.69) is 0 Å². The maximum absolute atomic E-state index is 12.4. The molecule has 2 aliphatic carbocycles. The van der Waals surface area contributed by atoms with Crippen molar-refractivity contribution < 1.29 is 14.9 Å². The van der Waals surface area contributed by atoms with Gasteiger partial charge in [0.05, 0.1) is 0 Å². The first kappa shape index (κ1) is 12.6. The first-order chi connectivity index (χ1) is 9.29. The van der Waals surface area contributed by atoms with Crippen LogP contribution in [0.4, 0.5) is 0 Å². The van der Waals surface area contributed by atoms with Gasteiger partial charge in [-0.3, -0.25) is 10.1 Å². The highest BCUT2D eigenvalue weighted by molar-refractivity contribution is 6.04. The molecule has 0 amide bonds. The molecule has 1 unspecified atom stereocenters. The predicted molar refractivity (Wildman–Crippen MR) is 72.4 cm³/mol. The Morgan fingerprint density at radius 3 is 2.58 bits per heavy atom. The van der Waals surface area contributed by atoms with Crippen molar-refractivity contribution in [3.8, 4) is 0 Å². The maximum atomic E-state index is 12.4. The molecule has 3 rings (SSSR count). The zero-order chi connectivity index (χ0) is 13.3. The molecule has 0 spiro atoms. The standard InChI is InChI=1S/C16H18O3/c17-15-11-10-12-6-4-5-9-14(12)16(15,19-18)13-7-2-1-3-8-13/h4-6,9-11,13,18H,1-3,7-8H2. The Morgan fingerprint density at radius 1 is 1.11 bits per heavy atom. The average Bonchev–Trinajstić information content (AvgIpc) is 2.48. The molecule has 1 saturated carbocycles. The van der Waals surface area contributed by atoms with Gasteiger partial charge in [0, 0.05) is 11.5 Å². The first-order valence-electron chi connectivity index (χ1n) is 6.93. The van der Waals surface area contributed by atoms with E-state index in [1.807, 2.05) is 24.3 Å². The van der Waals surface area contributed by atoms with Crippen LogP contribution in [0.3, 0.4) is 0 Å². The maximum Gasteiger partial charge on any atom is 0.195 e. The van der Waals surface area contributed by atoms with Gasteiger partial charge in [0.15, 0.2) is 11.4 Å². The number of hydrogen-bond acceptors (Lipinski definition) is 3. The number of ketones is 1. The minimum absolute atomic E-state index is 0.0600. The van der Waals surface area contributed by atoms with E-state index in [1.54, 1.807) is 6.08 Å². The summed E-state index contributed by atoms with van der Waals surface area (Å²) in [5, 5.41) is 9.56. The van der Waals surface area contributed by atoms with Crippen molar-refractivity contribution in [2.45, 2.75) is 37.7 Å². The molecule has 1 aromatic rings. The molecule has 3 heteroatoms. The SMILES string of the molecule is O=C1C=Cc2ccccc2C1(OO)C1CCCCC1. The van der Waals surface area contributed by atoms with Gasteiger partial charge in [0.25, 0.3) is 0 Å². The fraction of sp³-hybridized carbons (Fsp3) is 0.438. The summed E-state index contributed by atoms with van der Waals surface area (Å²) >= 11 is 0. The monoisotopic (exact) mass is 258 g/mol. The Balaban J connectivity index is 2.12. The van der Waals surface area contributed by atoms with Crippen molar-refractivity contribution in [2.75, 3.05) is 0 Å². The Hall–Kier alpha value is -1.45. The molecule has 1 atom stereocenters. The summed E-state index contributed by atoms with van der Waals surface area (Å²) in [6, 6.07) is 7.67. The highest BCUT2D eigenvalue weighted by atomic mass is 17.1. The zero-order valence-corrected chi connectivity index (χ0v) is 10.8. The number of carbonyl (C=O) groups is 1. The third kappa shape index (κ3) is 1.85. The van der Waals surface area contributed by atoms with Crippen molar-refractivity contribution in [3.05, 3.63) is 41.5 Å². The van der Waals surface area contributed by atoms with Gasteiger partial charge in [-0.15, -0.1) is 0 Å². The molecule has 1 aromatic carbocycles. The van der Waals surface area contributed by atoms with Crippen molar-refractivity contribution in [3.63, 3.8) is 0 Å². The van der Waals surface area contributed by atoms with Crippen molar-refractivity contribution in [1.29, 1.82) is 0 Å². The molecule has 1 fully saturated rings. The summed E-state index contributed by atoms with van der Waals surface area (Å²) in [7, 11) is 0. The predicted octanol–water partition coefficient (Wildman–Crippen LogP) is 3.55. The number of benzene rings is 1. The average molecular weight is 258 g/mol. The van der Waals surface area contributed by atoms with E-state index in [0.29, 0.717) is 0 Å². The fourth-order valence-electron chi connectivity index (χ4n) is 3.50. The Morgan fingerprint density at radius 2 is 1.84 bits per heavy atom. The molecule has 0 heterocycles. The van der Waals surface area contributed by atoms with Crippen LogP contribution in [-0.2, 0) is 15.3 Å². The van der Waals surface area contributed by atoms with E-state index in [9.17, 15) is 10.1 Å². The lowest BCUT2D eigenvalue weighted by Crippen LogP contribution is -2.46. The number of fused-ring (bicyclic) bond motifs is 1. The summed E-state index contributed by atoms with van der Waals surface area (Å²) in [5.41, 5.74) is 0.574. The number of carbonyl (C=O) groups excluding carboxylic acids is 1. The molecular weight excluding hydrogens is 240 g/mol. The third-order valence-electron chi connectivity index (χ3n) is 4.47. The van der Waals surface area contributed by atoms with Gasteiger partial charge in [-0.1, -0.05) is 49.6 Å². The van der Waals surface area contributed by atoms with Gasteiger partial charge in [-0.2, -0.15) is 0 Å². The topological polar surface area (TPSA) is 46.5 Å². The van der Waals surface area contributed by atoms with Crippen molar-refractivity contribution in [1.82, 2.24) is 0 Å². The van der Waals surface area contributed by atoms with Gasteiger partial charge in [-0.25, -0.2) is 4.89 Å². The normalized spacial score (nSPS) is 27.3. The van der Waals surface area contributed by atoms with E-state index in [1.165, 1.54) is 12.5 Å². The summed E-state index contributed by atoms with van der Waals surface area (Å²) in [6.45, 7) is 0. The largest absolute Gasteiger partial charge is 0.291 e. The smallest absolute Gasteiger partial charge is 0.195 e. The molecule has 0 aliphatic heterocycles. The van der Waals surface area contributed by atoms with Gasteiger partial charge in [-0.05, 0) is 24.5 Å². The third-order valence-corrected chi connectivity index (χ3v) is 4.47. The van der Waals surface area contributed by atoms with E-state index in [4.69, 9.17) is 4.89 Å². The van der Waals surface area contributed by atoms with E-state index in [-0.39, 0.29) is 11.7 Å². The summed E-state index contributed by atoms with van der Waals surface area (Å²) in [4.78, 5) is 17.3. The fourth-order valence-corrected chi connectivity index (χ4v) is 3.50. The summed E-state index contributed by atoms with van der Waals surface area (Å²) < 4.78 is 0. The van der Waals surface area contributed by atoms with Gasteiger partial charge in [0.1, 0.15) is 0 Å². The second kappa shape index (κ2) is 4.91. The van der Waals surface area contributed by atoms with Crippen LogP contribution in [-0.4, -0.2) is 11.0 Å². The lowest BCUT2D eigenvalue weighted by Gasteiger charge is -2.40. The van der Waals surface area contributed by atoms with Gasteiger partial charge >= 0.3 is 0 Å². The first-order valence-corrected chi connectivity index (χ1v) is 6.93. The van der Waals surface area contributed by atoms with Crippen LogP contribution in [0.5, 0.6) is 0 Å². The molecule has 19 heavy (non-hydrogen) atoms. The molecule has 0 bridgehead atoms. The molecule has 3 nitrogen and oxygen atoms in total. The van der Waals surface area contributed by atoms with Gasteiger partial charge < -0.3 is 0 Å². The van der Waals surface area contributed by atoms with Crippen LogP contribution in [0.25, 0.3) is 6.08 Å². The molecule has 0 aromatic heterocycles. The van der Waals surface area contributed by atoms with Crippen molar-refractivity contribution in [2.24, 2.45) is 5.92 Å². The molecular formula is C16H18O3. The quantitative estimate of drug-likeness (QED) is 0.652. The molecule has 0 saturated heterocycles. The van der Waals surface area contributed by atoms with E-state index >= 15 is 0 Å².